The van der Waals surface area contributed by atoms with Crippen molar-refractivity contribution in [3.05, 3.63) is 35.0 Å². The van der Waals surface area contributed by atoms with E-state index < -0.39 is 5.97 Å². The zero-order valence-electron chi connectivity index (χ0n) is 11.9. The third-order valence-corrected chi connectivity index (χ3v) is 3.19. The first-order valence-electron chi connectivity index (χ1n) is 6.33. The van der Waals surface area contributed by atoms with Crippen molar-refractivity contribution in [2.45, 2.75) is 26.7 Å². The van der Waals surface area contributed by atoms with Crippen LogP contribution in [0.3, 0.4) is 0 Å². The summed E-state index contributed by atoms with van der Waals surface area (Å²) >= 11 is 0. The summed E-state index contributed by atoms with van der Waals surface area (Å²) in [5, 5.41) is 13.0. The van der Waals surface area contributed by atoms with Crippen molar-refractivity contribution in [1.82, 2.24) is 5.16 Å². The van der Waals surface area contributed by atoms with E-state index in [2.05, 4.69) is 5.16 Å². The summed E-state index contributed by atoms with van der Waals surface area (Å²) in [6.45, 7) is 5.71. The molecule has 0 fully saturated rings. The van der Waals surface area contributed by atoms with Gasteiger partial charge in [-0.1, -0.05) is 19.0 Å². The van der Waals surface area contributed by atoms with Gasteiger partial charge in [-0.05, 0) is 36.6 Å². The summed E-state index contributed by atoms with van der Waals surface area (Å²) in [7, 11) is 1.61. The molecule has 0 unspecified atom stereocenters. The zero-order chi connectivity index (χ0) is 14.9. The number of aromatic nitrogens is 1. The van der Waals surface area contributed by atoms with E-state index in [1.165, 1.54) is 0 Å². The van der Waals surface area contributed by atoms with E-state index >= 15 is 0 Å². The van der Waals surface area contributed by atoms with Gasteiger partial charge >= 0.3 is 5.97 Å². The maximum atomic E-state index is 11.3. The Balaban J connectivity index is 2.59. The largest absolute Gasteiger partial charge is 0.496 e. The molecule has 2 aromatic rings. The van der Waals surface area contributed by atoms with Crippen molar-refractivity contribution in [2.75, 3.05) is 7.11 Å². The van der Waals surface area contributed by atoms with Gasteiger partial charge in [-0.2, -0.15) is 0 Å². The molecule has 0 aliphatic carbocycles. The minimum absolute atomic E-state index is 0.102. The van der Waals surface area contributed by atoms with Gasteiger partial charge in [0.1, 0.15) is 11.3 Å². The van der Waals surface area contributed by atoms with Crippen molar-refractivity contribution >= 4 is 5.97 Å². The fourth-order valence-corrected chi connectivity index (χ4v) is 2.15. The number of benzene rings is 1. The van der Waals surface area contributed by atoms with Gasteiger partial charge in [-0.15, -0.1) is 0 Å². The highest BCUT2D eigenvalue weighted by molar-refractivity contribution is 5.95. The van der Waals surface area contributed by atoms with E-state index in [4.69, 9.17) is 9.26 Å². The van der Waals surface area contributed by atoms with Crippen molar-refractivity contribution < 1.29 is 19.2 Å². The maximum Gasteiger partial charge on any atom is 0.341 e. The first-order valence-corrected chi connectivity index (χ1v) is 6.33. The fraction of sp³-hybridized carbons (Fsp3) is 0.333. The van der Waals surface area contributed by atoms with Gasteiger partial charge in [0.05, 0.1) is 12.8 Å². The summed E-state index contributed by atoms with van der Waals surface area (Å²) in [6.07, 6.45) is 0. The highest BCUT2D eigenvalue weighted by Gasteiger charge is 2.22. The van der Waals surface area contributed by atoms with E-state index in [1.54, 1.807) is 20.1 Å². The summed E-state index contributed by atoms with van der Waals surface area (Å²) in [5.74, 6) is 0.263. The first kappa shape index (κ1) is 14.1. The van der Waals surface area contributed by atoms with Gasteiger partial charge in [0, 0.05) is 5.56 Å². The quantitative estimate of drug-likeness (QED) is 0.924. The molecule has 2 rings (SSSR count). The number of carbonyl (C=O) groups is 1. The second-order valence-electron chi connectivity index (χ2n) is 4.89. The average molecular weight is 275 g/mol. The highest BCUT2D eigenvalue weighted by atomic mass is 16.5. The van der Waals surface area contributed by atoms with E-state index in [0.717, 1.165) is 11.3 Å². The average Bonchev–Trinajstić information content (AvgIpc) is 2.79. The van der Waals surface area contributed by atoms with Gasteiger partial charge in [-0.25, -0.2) is 4.79 Å². The van der Waals surface area contributed by atoms with Gasteiger partial charge in [0.15, 0.2) is 5.76 Å². The van der Waals surface area contributed by atoms with Crippen LogP contribution in [0.1, 0.15) is 41.4 Å². The van der Waals surface area contributed by atoms with Gasteiger partial charge < -0.3 is 14.4 Å². The van der Waals surface area contributed by atoms with Gasteiger partial charge in [0.2, 0.25) is 0 Å². The lowest BCUT2D eigenvalue weighted by Gasteiger charge is -2.12. The molecule has 0 saturated carbocycles. The Labute approximate surface area is 117 Å². The number of nitrogens with zero attached hydrogens (tertiary/aromatic N) is 1. The summed E-state index contributed by atoms with van der Waals surface area (Å²) < 4.78 is 10.5. The van der Waals surface area contributed by atoms with E-state index in [0.29, 0.717) is 11.3 Å². The molecule has 0 amide bonds. The normalized spacial score (nSPS) is 10.8. The number of rotatable bonds is 4. The molecule has 0 radical (unpaired) electrons. The van der Waals surface area contributed by atoms with Crippen LogP contribution in [-0.2, 0) is 0 Å². The van der Waals surface area contributed by atoms with Crippen LogP contribution in [0.2, 0.25) is 0 Å². The molecule has 0 atom stereocenters. The first-order chi connectivity index (χ1) is 9.45. The van der Waals surface area contributed by atoms with Crippen LogP contribution in [0.25, 0.3) is 11.3 Å². The molecule has 1 heterocycles. The Bertz CT molecular complexity index is 643. The number of carboxylic acids is 1. The molecule has 20 heavy (non-hydrogen) atoms. The van der Waals surface area contributed by atoms with E-state index in [-0.39, 0.29) is 17.2 Å². The Hall–Kier alpha value is -2.30. The molecule has 0 aliphatic heterocycles. The van der Waals surface area contributed by atoms with Crippen LogP contribution in [0.5, 0.6) is 5.75 Å². The Morgan fingerprint density at radius 3 is 2.65 bits per heavy atom. The molecule has 1 aromatic heterocycles. The number of aryl methyl sites for hydroxylation is 1. The number of ether oxygens (including phenoxy) is 1. The molecule has 0 spiro atoms. The second kappa shape index (κ2) is 5.36. The molecule has 0 aliphatic rings. The number of hydrogen-bond donors (Lipinski definition) is 1. The standard InChI is InChI=1S/C15H17NO4/c1-8(2)11-7-10(5-6-12(11)19-4)14-13(15(17)18)9(3)16-20-14/h5-8H,1-4H3,(H,17,18). The van der Waals surface area contributed by atoms with Crippen LogP contribution in [0, 0.1) is 6.92 Å². The van der Waals surface area contributed by atoms with Crippen molar-refractivity contribution in [3.63, 3.8) is 0 Å². The van der Waals surface area contributed by atoms with Gasteiger partial charge in [-0.3, -0.25) is 0 Å². The zero-order valence-corrected chi connectivity index (χ0v) is 11.9. The third kappa shape index (κ3) is 2.39. The summed E-state index contributed by atoms with van der Waals surface area (Å²) in [6, 6.07) is 5.47. The second-order valence-corrected chi connectivity index (χ2v) is 4.89. The van der Waals surface area contributed by atoms with Crippen LogP contribution in [0.15, 0.2) is 22.7 Å². The monoisotopic (exact) mass is 275 g/mol. The van der Waals surface area contributed by atoms with Crippen LogP contribution < -0.4 is 4.74 Å². The molecule has 106 valence electrons. The van der Waals surface area contributed by atoms with Crippen LogP contribution in [-0.4, -0.2) is 23.3 Å². The SMILES string of the molecule is COc1ccc(-c2onc(C)c2C(=O)O)cc1C(C)C. The summed E-state index contributed by atoms with van der Waals surface area (Å²) in [4.78, 5) is 11.3. The lowest BCUT2D eigenvalue weighted by molar-refractivity contribution is 0.0696. The predicted molar refractivity (Wildman–Crippen MR) is 74.3 cm³/mol. The van der Waals surface area contributed by atoms with Crippen molar-refractivity contribution in [1.29, 1.82) is 0 Å². The van der Waals surface area contributed by atoms with Crippen LogP contribution >= 0.6 is 0 Å². The maximum absolute atomic E-state index is 11.3. The molecule has 1 aromatic carbocycles. The topological polar surface area (TPSA) is 72.6 Å². The summed E-state index contributed by atoms with van der Waals surface area (Å²) in [5.41, 5.74) is 2.15. The molecule has 0 bridgehead atoms. The molecular weight excluding hydrogens is 258 g/mol. The number of carboxylic acid groups (broad SMARTS) is 1. The number of methoxy groups -OCH3 is 1. The lowest BCUT2D eigenvalue weighted by Crippen LogP contribution is -2.00. The van der Waals surface area contributed by atoms with Crippen LogP contribution in [0.4, 0.5) is 0 Å². The molecule has 5 nitrogen and oxygen atoms in total. The number of hydrogen-bond acceptors (Lipinski definition) is 4. The Morgan fingerprint density at radius 2 is 2.10 bits per heavy atom. The Morgan fingerprint density at radius 1 is 1.40 bits per heavy atom. The molecular formula is C15H17NO4. The predicted octanol–water partition coefficient (Wildman–Crippen LogP) is 3.48. The minimum Gasteiger partial charge on any atom is -0.496 e. The van der Waals surface area contributed by atoms with E-state index in [9.17, 15) is 9.90 Å². The molecule has 0 saturated heterocycles. The lowest BCUT2D eigenvalue weighted by atomic mass is 9.97. The fourth-order valence-electron chi connectivity index (χ4n) is 2.15. The van der Waals surface area contributed by atoms with Crippen molar-refractivity contribution in [2.24, 2.45) is 0 Å². The smallest absolute Gasteiger partial charge is 0.341 e. The van der Waals surface area contributed by atoms with Gasteiger partial charge in [0.25, 0.3) is 0 Å². The molecule has 1 N–H and O–H groups in total. The Kier molecular flexibility index (Phi) is 3.79. The highest BCUT2D eigenvalue weighted by Crippen LogP contribution is 2.33. The van der Waals surface area contributed by atoms with E-state index in [1.807, 2.05) is 26.0 Å². The number of aromatic carboxylic acids is 1. The molecule has 5 heteroatoms. The minimum atomic E-state index is -1.04. The van der Waals surface area contributed by atoms with Crippen molar-refractivity contribution in [3.8, 4) is 17.1 Å². The third-order valence-electron chi connectivity index (χ3n) is 3.19.